The lowest BCUT2D eigenvalue weighted by Crippen LogP contribution is -2.27. The van der Waals surface area contributed by atoms with Crippen LogP contribution in [0.1, 0.15) is 16.2 Å². The highest BCUT2D eigenvalue weighted by Gasteiger charge is 2.25. The van der Waals surface area contributed by atoms with Crippen LogP contribution in [-0.4, -0.2) is 50.1 Å². The minimum Gasteiger partial charge on any atom is -0.497 e. The molecule has 1 aromatic heterocycles. The number of halogens is 1. The van der Waals surface area contributed by atoms with Gasteiger partial charge >= 0.3 is 5.97 Å². The third-order valence-corrected chi connectivity index (χ3v) is 6.35. The van der Waals surface area contributed by atoms with Gasteiger partial charge in [-0.15, -0.1) is 0 Å². The van der Waals surface area contributed by atoms with Crippen LogP contribution in [-0.2, 0) is 21.3 Å². The Morgan fingerprint density at radius 1 is 1.17 bits per heavy atom. The van der Waals surface area contributed by atoms with E-state index in [4.69, 9.17) is 20.9 Å². The average Bonchev–Trinajstić information content (AvgIpc) is 3.21. The SMILES string of the molecule is COC(=O)c1cc(S(=O)(=O)N(C)Cc2nc(-c3ccc(OC)cc3)no2)ccc1Cl. The largest absolute Gasteiger partial charge is 0.497 e. The number of rotatable bonds is 7. The molecular formula is C19H18ClN3O6S. The molecule has 0 aliphatic heterocycles. The van der Waals surface area contributed by atoms with Gasteiger partial charge in [-0.05, 0) is 42.5 Å². The van der Waals surface area contributed by atoms with Crippen LogP contribution in [0.2, 0.25) is 5.02 Å². The first-order chi connectivity index (χ1) is 14.3. The monoisotopic (exact) mass is 451 g/mol. The van der Waals surface area contributed by atoms with Crippen molar-refractivity contribution >= 4 is 27.6 Å². The summed E-state index contributed by atoms with van der Waals surface area (Å²) >= 11 is 5.96. The molecule has 9 nitrogen and oxygen atoms in total. The van der Waals surface area contributed by atoms with Crippen LogP contribution < -0.4 is 4.74 Å². The summed E-state index contributed by atoms with van der Waals surface area (Å²) in [7, 11) is 0.145. The van der Waals surface area contributed by atoms with E-state index in [0.29, 0.717) is 17.1 Å². The van der Waals surface area contributed by atoms with Crippen molar-refractivity contribution in [2.75, 3.05) is 21.3 Å². The number of aromatic nitrogens is 2. The molecular weight excluding hydrogens is 434 g/mol. The number of hydrogen-bond acceptors (Lipinski definition) is 8. The zero-order chi connectivity index (χ0) is 21.9. The van der Waals surface area contributed by atoms with Crippen LogP contribution in [0.4, 0.5) is 0 Å². The number of nitrogens with zero attached hydrogens (tertiary/aromatic N) is 3. The van der Waals surface area contributed by atoms with Crippen molar-refractivity contribution in [2.24, 2.45) is 0 Å². The second-order valence-corrected chi connectivity index (χ2v) is 8.59. The number of esters is 1. The standard InChI is InChI=1S/C19H18ClN3O6S/c1-23(30(25,26)14-8-9-16(20)15(10-14)19(24)28-3)11-17-21-18(22-29-17)12-4-6-13(27-2)7-5-12/h4-10H,11H2,1-3H3. The van der Waals surface area contributed by atoms with Gasteiger partial charge in [-0.25, -0.2) is 13.2 Å². The first kappa shape index (κ1) is 21.8. The molecule has 0 fully saturated rings. The van der Waals surface area contributed by atoms with E-state index in [1.807, 2.05) is 0 Å². The zero-order valence-electron chi connectivity index (χ0n) is 16.3. The second kappa shape index (κ2) is 8.82. The van der Waals surface area contributed by atoms with Crippen molar-refractivity contribution in [3.05, 3.63) is 58.9 Å². The third-order valence-electron chi connectivity index (χ3n) is 4.23. The van der Waals surface area contributed by atoms with E-state index in [9.17, 15) is 13.2 Å². The summed E-state index contributed by atoms with van der Waals surface area (Å²) in [6.45, 7) is -0.165. The smallest absolute Gasteiger partial charge is 0.339 e. The summed E-state index contributed by atoms with van der Waals surface area (Å²) in [6.07, 6.45) is 0. The highest BCUT2D eigenvalue weighted by molar-refractivity contribution is 7.89. The molecule has 158 valence electrons. The van der Waals surface area contributed by atoms with Gasteiger partial charge in [0.05, 0.1) is 36.2 Å². The third kappa shape index (κ3) is 4.45. The maximum Gasteiger partial charge on any atom is 0.339 e. The lowest BCUT2D eigenvalue weighted by Gasteiger charge is -2.16. The first-order valence-corrected chi connectivity index (χ1v) is 10.4. The Balaban J connectivity index is 1.81. The number of carbonyl (C=O) groups is 1. The fourth-order valence-electron chi connectivity index (χ4n) is 2.56. The molecule has 0 aliphatic rings. The molecule has 0 saturated carbocycles. The Morgan fingerprint density at radius 2 is 1.87 bits per heavy atom. The number of benzene rings is 2. The highest BCUT2D eigenvalue weighted by Crippen LogP contribution is 2.25. The molecule has 0 spiro atoms. The normalized spacial score (nSPS) is 11.5. The minimum absolute atomic E-state index is 0.0479. The highest BCUT2D eigenvalue weighted by atomic mass is 35.5. The van der Waals surface area contributed by atoms with E-state index in [2.05, 4.69) is 14.9 Å². The van der Waals surface area contributed by atoms with Crippen molar-refractivity contribution < 1.29 is 27.2 Å². The molecule has 0 amide bonds. The first-order valence-electron chi connectivity index (χ1n) is 8.57. The van der Waals surface area contributed by atoms with E-state index in [-0.39, 0.29) is 27.9 Å². The van der Waals surface area contributed by atoms with Gasteiger partial charge in [0.15, 0.2) is 0 Å². The van der Waals surface area contributed by atoms with E-state index in [1.54, 1.807) is 31.4 Å². The Bertz CT molecular complexity index is 1160. The average molecular weight is 452 g/mol. The van der Waals surface area contributed by atoms with Gasteiger partial charge in [0.25, 0.3) is 0 Å². The molecule has 3 aromatic rings. The Kier molecular flexibility index (Phi) is 6.40. The number of sulfonamides is 1. The minimum atomic E-state index is -3.96. The summed E-state index contributed by atoms with van der Waals surface area (Å²) in [5, 5.41) is 3.97. The summed E-state index contributed by atoms with van der Waals surface area (Å²) < 4.78 is 41.7. The van der Waals surface area contributed by atoms with Crippen molar-refractivity contribution in [3.8, 4) is 17.1 Å². The predicted octanol–water partition coefficient (Wildman–Crippen LogP) is 3.01. The van der Waals surface area contributed by atoms with Gasteiger partial charge in [0.1, 0.15) is 5.75 Å². The summed E-state index contributed by atoms with van der Waals surface area (Å²) in [5.41, 5.74) is 0.643. The Morgan fingerprint density at radius 3 is 2.50 bits per heavy atom. The van der Waals surface area contributed by atoms with Crippen molar-refractivity contribution in [2.45, 2.75) is 11.4 Å². The van der Waals surface area contributed by atoms with Crippen LogP contribution in [0.5, 0.6) is 5.75 Å². The molecule has 0 aliphatic carbocycles. The second-order valence-electron chi connectivity index (χ2n) is 6.13. The fraction of sp³-hybridized carbons (Fsp3) is 0.211. The lowest BCUT2D eigenvalue weighted by molar-refractivity contribution is 0.0600. The van der Waals surface area contributed by atoms with Gasteiger partial charge in [-0.2, -0.15) is 9.29 Å². The lowest BCUT2D eigenvalue weighted by atomic mass is 10.2. The van der Waals surface area contributed by atoms with Gasteiger partial charge in [-0.3, -0.25) is 0 Å². The summed E-state index contributed by atoms with van der Waals surface area (Å²) in [6, 6.07) is 10.8. The van der Waals surface area contributed by atoms with E-state index in [0.717, 1.165) is 10.4 Å². The molecule has 0 unspecified atom stereocenters. The van der Waals surface area contributed by atoms with Gasteiger partial charge in [0.2, 0.25) is 21.7 Å². The number of ether oxygens (including phenoxy) is 2. The molecule has 0 saturated heterocycles. The van der Waals surface area contributed by atoms with E-state index < -0.39 is 16.0 Å². The summed E-state index contributed by atoms with van der Waals surface area (Å²) in [4.78, 5) is 15.9. The van der Waals surface area contributed by atoms with Crippen LogP contribution >= 0.6 is 11.6 Å². The quantitative estimate of drug-likeness (QED) is 0.504. The van der Waals surface area contributed by atoms with Crippen LogP contribution in [0, 0.1) is 0 Å². The Labute approximate surface area is 178 Å². The van der Waals surface area contributed by atoms with Crippen LogP contribution in [0.3, 0.4) is 0 Å². The van der Waals surface area contributed by atoms with E-state index in [1.165, 1.54) is 26.3 Å². The number of methoxy groups -OCH3 is 2. The molecule has 0 N–H and O–H groups in total. The zero-order valence-corrected chi connectivity index (χ0v) is 17.9. The molecule has 0 radical (unpaired) electrons. The number of hydrogen-bond donors (Lipinski definition) is 0. The van der Waals surface area contributed by atoms with Gasteiger partial charge < -0.3 is 14.0 Å². The predicted molar refractivity (Wildman–Crippen MR) is 108 cm³/mol. The molecule has 30 heavy (non-hydrogen) atoms. The number of carbonyl (C=O) groups excluding carboxylic acids is 1. The Hall–Kier alpha value is -2.95. The van der Waals surface area contributed by atoms with Gasteiger partial charge in [-0.1, -0.05) is 16.8 Å². The fourth-order valence-corrected chi connectivity index (χ4v) is 3.90. The maximum atomic E-state index is 12.9. The summed E-state index contributed by atoms with van der Waals surface area (Å²) in [5.74, 6) is 0.371. The molecule has 0 atom stereocenters. The van der Waals surface area contributed by atoms with Crippen molar-refractivity contribution in [1.82, 2.24) is 14.4 Å². The molecule has 2 aromatic carbocycles. The van der Waals surface area contributed by atoms with Crippen LogP contribution in [0.15, 0.2) is 51.9 Å². The maximum absolute atomic E-state index is 12.9. The molecule has 3 rings (SSSR count). The van der Waals surface area contributed by atoms with Crippen molar-refractivity contribution in [1.29, 1.82) is 0 Å². The van der Waals surface area contributed by atoms with Crippen LogP contribution in [0.25, 0.3) is 11.4 Å². The van der Waals surface area contributed by atoms with Crippen molar-refractivity contribution in [3.63, 3.8) is 0 Å². The molecule has 0 bridgehead atoms. The van der Waals surface area contributed by atoms with E-state index >= 15 is 0 Å². The topological polar surface area (TPSA) is 112 Å². The molecule has 11 heteroatoms. The van der Waals surface area contributed by atoms with Gasteiger partial charge in [0, 0.05) is 12.6 Å². The molecule has 1 heterocycles.